The Kier molecular flexibility index (Phi) is 4.65. The lowest BCUT2D eigenvalue weighted by molar-refractivity contribution is 0.0756. The van der Waals surface area contributed by atoms with Gasteiger partial charge in [0.15, 0.2) is 10.9 Å². The second-order valence-corrected chi connectivity index (χ2v) is 5.77. The summed E-state index contributed by atoms with van der Waals surface area (Å²) in [5, 5.41) is 10.4. The summed E-state index contributed by atoms with van der Waals surface area (Å²) < 4.78 is 0. The molecule has 2 rings (SSSR count). The molecule has 2 atom stereocenters. The van der Waals surface area contributed by atoms with Crippen molar-refractivity contribution >= 4 is 29.3 Å². The number of rotatable bonds is 3. The Morgan fingerprint density at radius 1 is 1.68 bits per heavy atom. The van der Waals surface area contributed by atoms with Crippen molar-refractivity contribution in [3.8, 4) is 0 Å². The molecule has 0 bridgehead atoms. The van der Waals surface area contributed by atoms with Crippen LogP contribution in [0.15, 0.2) is 11.4 Å². The van der Waals surface area contributed by atoms with Gasteiger partial charge in [-0.25, -0.2) is 9.97 Å². The number of carbonyl (C=O) groups is 1. The van der Waals surface area contributed by atoms with Gasteiger partial charge in [0.25, 0.3) is 5.91 Å². The molecule has 1 saturated heterocycles. The van der Waals surface area contributed by atoms with Gasteiger partial charge in [-0.15, -0.1) is 0 Å². The molecule has 0 radical (unpaired) electrons. The van der Waals surface area contributed by atoms with E-state index in [1.54, 1.807) is 11.8 Å². The number of hydrogen-bond donors (Lipinski definition) is 1. The maximum atomic E-state index is 12.4. The van der Waals surface area contributed by atoms with Gasteiger partial charge in [0.05, 0.1) is 17.3 Å². The van der Waals surface area contributed by atoms with E-state index in [1.807, 2.05) is 6.26 Å². The molecule has 1 aliphatic heterocycles. The number of aromatic nitrogens is 2. The van der Waals surface area contributed by atoms with Crippen LogP contribution in [0, 0.1) is 5.92 Å². The van der Waals surface area contributed by atoms with Gasteiger partial charge in [0.2, 0.25) is 0 Å². The quantitative estimate of drug-likeness (QED) is 0.680. The monoisotopic (exact) mass is 301 g/mol. The van der Waals surface area contributed by atoms with E-state index >= 15 is 0 Å². The molecular formula is C12H16ClN3O2S. The van der Waals surface area contributed by atoms with Crippen molar-refractivity contribution in [1.82, 2.24) is 14.9 Å². The van der Waals surface area contributed by atoms with Crippen molar-refractivity contribution in [3.05, 3.63) is 16.9 Å². The minimum Gasteiger partial charge on any atom is -0.393 e. The number of hydrogen-bond acceptors (Lipinski definition) is 5. The lowest BCUT2D eigenvalue weighted by Gasteiger charge is -2.17. The summed E-state index contributed by atoms with van der Waals surface area (Å²) in [6.45, 7) is 2.93. The Hall–Kier alpha value is -0.850. The summed E-state index contributed by atoms with van der Waals surface area (Å²) in [6.07, 6.45) is 3.70. The minimum absolute atomic E-state index is 0.129. The number of nitrogens with zero attached hydrogens (tertiary/aromatic N) is 3. The molecule has 0 aromatic carbocycles. The molecule has 1 N–H and O–H groups in total. The molecule has 19 heavy (non-hydrogen) atoms. The molecule has 0 spiro atoms. The summed E-state index contributed by atoms with van der Waals surface area (Å²) in [7, 11) is 0. The molecule has 0 aliphatic carbocycles. The fourth-order valence-corrected chi connectivity index (χ4v) is 2.63. The number of carbonyl (C=O) groups excluding carboxylic acids is 1. The molecule has 0 saturated carbocycles. The molecule has 1 fully saturated rings. The summed E-state index contributed by atoms with van der Waals surface area (Å²) in [5.41, 5.74) is 0.243. The van der Waals surface area contributed by atoms with Crippen LogP contribution in [-0.2, 0) is 0 Å². The van der Waals surface area contributed by atoms with Crippen molar-refractivity contribution in [2.75, 3.05) is 19.3 Å². The average molecular weight is 302 g/mol. The van der Waals surface area contributed by atoms with Crippen molar-refractivity contribution in [2.24, 2.45) is 5.92 Å². The van der Waals surface area contributed by atoms with Crippen molar-refractivity contribution in [1.29, 1.82) is 0 Å². The van der Waals surface area contributed by atoms with Gasteiger partial charge in [-0.3, -0.25) is 4.79 Å². The maximum absolute atomic E-state index is 12.4. The van der Waals surface area contributed by atoms with Crippen LogP contribution >= 0.6 is 23.4 Å². The first-order valence-electron chi connectivity index (χ1n) is 6.06. The molecule has 2 heterocycles. The van der Waals surface area contributed by atoms with Crippen molar-refractivity contribution in [2.45, 2.75) is 24.6 Å². The lowest BCUT2D eigenvalue weighted by Crippen LogP contribution is -2.31. The number of aliphatic hydroxyl groups excluding tert-OH is 1. The highest BCUT2D eigenvalue weighted by molar-refractivity contribution is 7.98. The first-order valence-corrected chi connectivity index (χ1v) is 7.67. The van der Waals surface area contributed by atoms with Gasteiger partial charge in [-0.05, 0) is 19.6 Å². The third kappa shape index (κ3) is 3.19. The normalized spacial score (nSPS) is 20.6. The Balaban J connectivity index is 2.16. The second kappa shape index (κ2) is 6.07. The average Bonchev–Trinajstić information content (AvgIpc) is 2.88. The van der Waals surface area contributed by atoms with Crippen LogP contribution in [-0.4, -0.2) is 51.3 Å². The standard InChI is InChI=1S/C12H16ClN3O2S/c1-7(17)8-3-4-16(6-8)11(18)10-9(13)5-14-12(15-10)19-2/h5,7-8,17H,3-4,6H2,1-2H3. The summed E-state index contributed by atoms with van der Waals surface area (Å²) in [6, 6.07) is 0. The van der Waals surface area contributed by atoms with Gasteiger partial charge in [0, 0.05) is 19.0 Å². The van der Waals surface area contributed by atoms with E-state index in [9.17, 15) is 9.90 Å². The number of halogens is 1. The van der Waals surface area contributed by atoms with Crippen LogP contribution in [0.3, 0.4) is 0 Å². The molecule has 1 amide bonds. The molecule has 2 unspecified atom stereocenters. The summed E-state index contributed by atoms with van der Waals surface area (Å²) >= 11 is 7.36. The van der Waals surface area contributed by atoms with Crippen LogP contribution in [0.25, 0.3) is 0 Å². The Morgan fingerprint density at radius 2 is 2.42 bits per heavy atom. The fourth-order valence-electron chi connectivity index (χ4n) is 2.11. The number of thioether (sulfide) groups is 1. The third-order valence-electron chi connectivity index (χ3n) is 3.30. The molecule has 1 aromatic rings. The zero-order chi connectivity index (χ0) is 14.0. The van der Waals surface area contributed by atoms with Gasteiger partial charge >= 0.3 is 0 Å². The third-order valence-corrected chi connectivity index (χ3v) is 4.14. The molecule has 5 nitrogen and oxygen atoms in total. The SMILES string of the molecule is CSc1ncc(Cl)c(C(=O)N2CCC(C(C)O)C2)n1. The van der Waals surface area contributed by atoms with E-state index in [1.165, 1.54) is 18.0 Å². The molecule has 1 aliphatic rings. The molecule has 1 aromatic heterocycles. The first kappa shape index (κ1) is 14.6. The predicted molar refractivity (Wildman–Crippen MR) is 74.5 cm³/mol. The van der Waals surface area contributed by atoms with E-state index in [4.69, 9.17) is 11.6 Å². The van der Waals surface area contributed by atoms with Crippen LogP contribution in [0.5, 0.6) is 0 Å². The Labute approximate surface area is 121 Å². The van der Waals surface area contributed by atoms with Gasteiger partial charge in [-0.1, -0.05) is 23.4 Å². The zero-order valence-corrected chi connectivity index (χ0v) is 12.4. The molecular weight excluding hydrogens is 286 g/mol. The van der Waals surface area contributed by atoms with Crippen molar-refractivity contribution in [3.63, 3.8) is 0 Å². The molecule has 104 valence electrons. The lowest BCUT2D eigenvalue weighted by atomic mass is 10.0. The summed E-state index contributed by atoms with van der Waals surface area (Å²) in [4.78, 5) is 22.2. The topological polar surface area (TPSA) is 66.3 Å². The highest BCUT2D eigenvalue weighted by Crippen LogP contribution is 2.24. The van der Waals surface area contributed by atoms with Crippen LogP contribution in [0.4, 0.5) is 0 Å². The van der Waals surface area contributed by atoms with Gasteiger partial charge in [-0.2, -0.15) is 0 Å². The van der Waals surface area contributed by atoms with E-state index in [-0.39, 0.29) is 22.5 Å². The zero-order valence-electron chi connectivity index (χ0n) is 10.8. The fraction of sp³-hybridized carbons (Fsp3) is 0.583. The first-order chi connectivity index (χ1) is 9.02. The van der Waals surface area contributed by atoms with Gasteiger partial charge < -0.3 is 10.0 Å². The number of aliphatic hydroxyl groups is 1. The van der Waals surface area contributed by atoms with E-state index in [0.717, 1.165) is 6.42 Å². The predicted octanol–water partition coefficient (Wildman–Crippen LogP) is 1.69. The number of amides is 1. The van der Waals surface area contributed by atoms with Crippen molar-refractivity contribution < 1.29 is 9.90 Å². The summed E-state index contributed by atoms with van der Waals surface area (Å²) in [5.74, 6) is -0.0598. The molecule has 7 heteroatoms. The Morgan fingerprint density at radius 3 is 3.00 bits per heavy atom. The van der Waals surface area contributed by atoms with E-state index in [0.29, 0.717) is 18.2 Å². The second-order valence-electron chi connectivity index (χ2n) is 4.59. The highest BCUT2D eigenvalue weighted by Gasteiger charge is 2.31. The van der Waals surface area contributed by atoms with Gasteiger partial charge in [0.1, 0.15) is 0 Å². The van der Waals surface area contributed by atoms with Crippen LogP contribution in [0.1, 0.15) is 23.8 Å². The van der Waals surface area contributed by atoms with Crippen LogP contribution in [0.2, 0.25) is 5.02 Å². The highest BCUT2D eigenvalue weighted by atomic mass is 35.5. The number of likely N-dealkylation sites (tertiary alicyclic amines) is 1. The maximum Gasteiger partial charge on any atom is 0.274 e. The minimum atomic E-state index is -0.402. The van der Waals surface area contributed by atoms with Crippen LogP contribution < -0.4 is 0 Å². The van der Waals surface area contributed by atoms with E-state index in [2.05, 4.69) is 9.97 Å². The largest absolute Gasteiger partial charge is 0.393 e. The Bertz CT molecular complexity index is 484. The van der Waals surface area contributed by atoms with E-state index < -0.39 is 6.10 Å². The smallest absolute Gasteiger partial charge is 0.274 e.